The molecule has 1 aliphatic rings. The number of amides is 2. The summed E-state index contributed by atoms with van der Waals surface area (Å²) in [7, 11) is 0. The minimum atomic E-state index is -0.854. The standard InChI is InChI=1S/C13H24N2O4S/c1-3-14(5-7-19-4-2)13(18)15-6-8-20-10-11(15)9-12(16)17/h11H,3-10H2,1-2H3,(H,16,17). The molecule has 0 bridgehead atoms. The number of likely N-dealkylation sites (N-methyl/N-ethyl adjacent to an activating group) is 1. The van der Waals surface area contributed by atoms with Gasteiger partial charge in [-0.05, 0) is 13.8 Å². The number of rotatable bonds is 7. The van der Waals surface area contributed by atoms with Crippen LogP contribution >= 0.6 is 11.8 Å². The van der Waals surface area contributed by atoms with E-state index in [0.29, 0.717) is 38.6 Å². The summed E-state index contributed by atoms with van der Waals surface area (Å²) in [5, 5.41) is 8.95. The molecule has 0 saturated carbocycles. The second kappa shape index (κ2) is 9.07. The first-order valence-electron chi connectivity index (χ1n) is 7.02. The van der Waals surface area contributed by atoms with E-state index in [1.165, 1.54) is 0 Å². The van der Waals surface area contributed by atoms with Gasteiger partial charge in [0.2, 0.25) is 0 Å². The van der Waals surface area contributed by atoms with Gasteiger partial charge in [-0.25, -0.2) is 4.79 Å². The van der Waals surface area contributed by atoms with Gasteiger partial charge in [-0.2, -0.15) is 11.8 Å². The van der Waals surface area contributed by atoms with Crippen LogP contribution in [0.2, 0.25) is 0 Å². The van der Waals surface area contributed by atoms with Crippen molar-refractivity contribution in [3.05, 3.63) is 0 Å². The van der Waals surface area contributed by atoms with Crippen molar-refractivity contribution in [3.8, 4) is 0 Å². The van der Waals surface area contributed by atoms with Crippen LogP contribution in [0.15, 0.2) is 0 Å². The highest BCUT2D eigenvalue weighted by Gasteiger charge is 2.31. The second-order valence-electron chi connectivity index (χ2n) is 4.58. The topological polar surface area (TPSA) is 70.1 Å². The number of urea groups is 1. The lowest BCUT2D eigenvalue weighted by Gasteiger charge is -2.38. The Morgan fingerprint density at radius 2 is 2.20 bits per heavy atom. The number of ether oxygens (including phenoxy) is 1. The first-order chi connectivity index (χ1) is 9.60. The Labute approximate surface area is 124 Å². The molecule has 0 aromatic heterocycles. The highest BCUT2D eigenvalue weighted by Crippen LogP contribution is 2.20. The van der Waals surface area contributed by atoms with Crippen molar-refractivity contribution in [2.75, 3.05) is 44.4 Å². The largest absolute Gasteiger partial charge is 0.481 e. The summed E-state index contributed by atoms with van der Waals surface area (Å²) in [6.45, 7) is 6.77. The van der Waals surface area contributed by atoms with Gasteiger partial charge in [0.1, 0.15) is 0 Å². The number of nitrogens with zero attached hydrogens (tertiary/aromatic N) is 2. The van der Waals surface area contributed by atoms with Gasteiger partial charge in [0.15, 0.2) is 0 Å². The van der Waals surface area contributed by atoms with Crippen molar-refractivity contribution in [1.29, 1.82) is 0 Å². The van der Waals surface area contributed by atoms with Gasteiger partial charge in [0.25, 0.3) is 0 Å². The summed E-state index contributed by atoms with van der Waals surface area (Å²) < 4.78 is 5.28. The Morgan fingerprint density at radius 3 is 2.80 bits per heavy atom. The molecule has 20 heavy (non-hydrogen) atoms. The molecule has 1 aliphatic heterocycles. The zero-order valence-electron chi connectivity index (χ0n) is 12.2. The predicted molar refractivity (Wildman–Crippen MR) is 79.2 cm³/mol. The van der Waals surface area contributed by atoms with Crippen molar-refractivity contribution >= 4 is 23.8 Å². The Hall–Kier alpha value is -0.950. The molecule has 1 rings (SSSR count). The number of carboxylic acid groups (broad SMARTS) is 1. The second-order valence-corrected chi connectivity index (χ2v) is 5.73. The maximum absolute atomic E-state index is 12.5. The predicted octanol–water partition coefficient (Wildman–Crippen LogP) is 1.36. The Balaban J connectivity index is 2.61. The molecule has 1 atom stereocenters. The lowest BCUT2D eigenvalue weighted by molar-refractivity contribution is -0.138. The molecule has 1 unspecified atom stereocenters. The fourth-order valence-electron chi connectivity index (χ4n) is 2.17. The number of hydrogen-bond acceptors (Lipinski definition) is 4. The smallest absolute Gasteiger partial charge is 0.320 e. The average Bonchev–Trinajstić information content (AvgIpc) is 2.43. The molecule has 0 aromatic carbocycles. The van der Waals surface area contributed by atoms with Gasteiger partial charge in [0, 0.05) is 37.7 Å². The van der Waals surface area contributed by atoms with E-state index in [1.54, 1.807) is 21.6 Å². The number of carboxylic acids is 1. The van der Waals surface area contributed by atoms with E-state index >= 15 is 0 Å². The molecule has 1 heterocycles. The van der Waals surface area contributed by atoms with Gasteiger partial charge >= 0.3 is 12.0 Å². The first-order valence-corrected chi connectivity index (χ1v) is 8.18. The van der Waals surface area contributed by atoms with Crippen molar-refractivity contribution in [2.24, 2.45) is 0 Å². The lowest BCUT2D eigenvalue weighted by atomic mass is 10.2. The first kappa shape index (κ1) is 17.1. The quantitative estimate of drug-likeness (QED) is 0.719. The van der Waals surface area contributed by atoms with Crippen molar-refractivity contribution in [3.63, 3.8) is 0 Å². The van der Waals surface area contributed by atoms with Crippen LogP contribution in [0, 0.1) is 0 Å². The van der Waals surface area contributed by atoms with E-state index in [1.807, 2.05) is 13.8 Å². The van der Waals surface area contributed by atoms with Gasteiger partial charge in [-0.1, -0.05) is 0 Å². The molecule has 2 amide bonds. The van der Waals surface area contributed by atoms with Gasteiger partial charge < -0.3 is 19.6 Å². The van der Waals surface area contributed by atoms with E-state index in [4.69, 9.17) is 9.84 Å². The van der Waals surface area contributed by atoms with Gasteiger partial charge in [-0.15, -0.1) is 0 Å². The van der Waals surface area contributed by atoms with E-state index in [0.717, 1.165) is 5.75 Å². The van der Waals surface area contributed by atoms with Crippen molar-refractivity contribution in [2.45, 2.75) is 26.3 Å². The normalized spacial score (nSPS) is 18.9. The van der Waals surface area contributed by atoms with Crippen molar-refractivity contribution in [1.82, 2.24) is 9.80 Å². The molecular weight excluding hydrogens is 280 g/mol. The lowest BCUT2D eigenvalue weighted by Crippen LogP contribution is -2.53. The molecular formula is C13H24N2O4S. The number of carbonyl (C=O) groups is 2. The molecule has 0 aliphatic carbocycles. The van der Waals surface area contributed by atoms with Crippen LogP contribution in [0.1, 0.15) is 20.3 Å². The zero-order valence-corrected chi connectivity index (χ0v) is 13.0. The SMILES string of the molecule is CCOCCN(CC)C(=O)N1CCSCC1CC(=O)O. The molecule has 116 valence electrons. The van der Waals surface area contributed by atoms with Gasteiger partial charge in [-0.3, -0.25) is 4.79 Å². The van der Waals surface area contributed by atoms with E-state index in [2.05, 4.69) is 0 Å². The Morgan fingerprint density at radius 1 is 1.45 bits per heavy atom. The zero-order chi connectivity index (χ0) is 15.0. The van der Waals surface area contributed by atoms with E-state index < -0.39 is 5.97 Å². The van der Waals surface area contributed by atoms with Crippen molar-refractivity contribution < 1.29 is 19.4 Å². The fourth-order valence-corrected chi connectivity index (χ4v) is 3.23. The van der Waals surface area contributed by atoms with Crippen LogP contribution in [0.25, 0.3) is 0 Å². The molecule has 6 nitrogen and oxygen atoms in total. The minimum Gasteiger partial charge on any atom is -0.481 e. The summed E-state index contributed by atoms with van der Waals surface area (Å²) in [6, 6.07) is -0.279. The molecule has 1 fully saturated rings. The Bertz CT molecular complexity index is 327. The van der Waals surface area contributed by atoms with Crippen LogP contribution in [0.4, 0.5) is 4.79 Å². The van der Waals surface area contributed by atoms with Crippen LogP contribution in [0.3, 0.4) is 0 Å². The number of thioether (sulfide) groups is 1. The average molecular weight is 304 g/mol. The van der Waals surface area contributed by atoms with Crippen LogP contribution in [-0.2, 0) is 9.53 Å². The molecule has 0 aromatic rings. The molecule has 1 N–H and O–H groups in total. The number of aliphatic carboxylic acids is 1. The molecule has 1 saturated heterocycles. The third-order valence-corrected chi connectivity index (χ3v) is 4.34. The highest BCUT2D eigenvalue weighted by molar-refractivity contribution is 7.99. The maximum atomic E-state index is 12.5. The third-order valence-electron chi connectivity index (χ3n) is 3.25. The summed E-state index contributed by atoms with van der Waals surface area (Å²) >= 11 is 1.71. The summed E-state index contributed by atoms with van der Waals surface area (Å²) in [6.07, 6.45) is 0.0156. The monoisotopic (exact) mass is 304 g/mol. The maximum Gasteiger partial charge on any atom is 0.320 e. The molecule has 0 spiro atoms. The molecule has 7 heteroatoms. The summed E-state index contributed by atoms with van der Waals surface area (Å²) in [5.41, 5.74) is 0. The van der Waals surface area contributed by atoms with E-state index in [-0.39, 0.29) is 18.5 Å². The molecule has 0 radical (unpaired) electrons. The number of hydrogen-bond donors (Lipinski definition) is 1. The summed E-state index contributed by atoms with van der Waals surface area (Å²) in [5.74, 6) is 0.707. The fraction of sp³-hybridized carbons (Fsp3) is 0.846. The van der Waals surface area contributed by atoms with E-state index in [9.17, 15) is 9.59 Å². The number of carbonyl (C=O) groups excluding carboxylic acids is 1. The van der Waals surface area contributed by atoms with Crippen LogP contribution in [0.5, 0.6) is 0 Å². The van der Waals surface area contributed by atoms with Crippen LogP contribution < -0.4 is 0 Å². The highest BCUT2D eigenvalue weighted by atomic mass is 32.2. The summed E-state index contributed by atoms with van der Waals surface area (Å²) in [4.78, 5) is 26.8. The third kappa shape index (κ3) is 5.20. The minimum absolute atomic E-state index is 0.0156. The van der Waals surface area contributed by atoms with Gasteiger partial charge in [0.05, 0.1) is 19.1 Å². The van der Waals surface area contributed by atoms with Crippen LogP contribution in [-0.4, -0.2) is 77.3 Å². The Kier molecular flexibility index (Phi) is 7.76.